The number of hydrogen-bond donors (Lipinski definition) is 3. The fraction of sp³-hybridized carbons (Fsp3) is 0.105. The van der Waals surface area contributed by atoms with Crippen molar-refractivity contribution in [3.05, 3.63) is 70.2 Å². The maximum absolute atomic E-state index is 12.7. The van der Waals surface area contributed by atoms with Gasteiger partial charge in [-0.1, -0.05) is 29.8 Å². The van der Waals surface area contributed by atoms with Gasteiger partial charge in [0.1, 0.15) is 11.7 Å². The van der Waals surface area contributed by atoms with Gasteiger partial charge in [-0.05, 0) is 51.2 Å². The molecule has 8 heteroatoms. The van der Waals surface area contributed by atoms with E-state index in [1.165, 1.54) is 17.5 Å². The third kappa shape index (κ3) is 4.73. The number of halogens is 1. The number of fused-ring (bicyclic) bond motifs is 1. The minimum Gasteiger partial charge on any atom is -0.507 e. The van der Waals surface area contributed by atoms with Crippen LogP contribution in [0.1, 0.15) is 17.0 Å². The average molecular weight is 421 g/mol. The van der Waals surface area contributed by atoms with Gasteiger partial charge in [0.15, 0.2) is 6.16 Å². The van der Waals surface area contributed by atoms with E-state index in [2.05, 4.69) is 5.32 Å². The van der Waals surface area contributed by atoms with E-state index in [0.717, 1.165) is 10.1 Å². The van der Waals surface area contributed by atoms with Crippen LogP contribution in [-0.2, 0) is 9.36 Å². The van der Waals surface area contributed by atoms with Crippen LogP contribution in [0.3, 0.4) is 0 Å². The molecule has 138 valence electrons. The van der Waals surface area contributed by atoms with E-state index in [-0.39, 0.29) is 11.9 Å². The van der Waals surface area contributed by atoms with Crippen LogP contribution in [-0.4, -0.2) is 22.1 Å². The lowest BCUT2D eigenvalue weighted by molar-refractivity contribution is -0.121. The molecular weight excluding hydrogens is 405 g/mol. The van der Waals surface area contributed by atoms with Crippen molar-refractivity contribution in [2.45, 2.75) is 5.92 Å². The smallest absolute Gasteiger partial charge is 0.506 e. The lowest BCUT2D eigenvalue weighted by atomic mass is 9.99. The molecule has 1 aromatic heterocycles. The Morgan fingerprint density at radius 2 is 2.07 bits per heavy atom. The highest BCUT2D eigenvalue weighted by atomic mass is 35.5. The molecule has 0 aliphatic carbocycles. The third-order valence-corrected chi connectivity index (χ3v) is 5.92. The molecule has 0 saturated heterocycles. The van der Waals surface area contributed by atoms with E-state index in [1.54, 1.807) is 42.5 Å². The fourth-order valence-electron chi connectivity index (χ4n) is 2.71. The number of benzene rings is 2. The lowest BCUT2D eigenvalue weighted by Crippen LogP contribution is -2.26. The number of aromatic hydroxyl groups is 1. The molecule has 3 N–H and O–H groups in total. The quantitative estimate of drug-likeness (QED) is 0.497. The Balaban J connectivity index is 1.85. The van der Waals surface area contributed by atoms with Gasteiger partial charge in [0.05, 0.1) is 0 Å². The molecule has 0 bridgehead atoms. The molecular formula is C19H16ClNO4PS+. The second-order valence-electron chi connectivity index (χ2n) is 5.82. The molecule has 1 amide bonds. The van der Waals surface area contributed by atoms with Gasteiger partial charge in [0.25, 0.3) is 0 Å². The SMILES string of the molecule is O=C(N/C=C/c1ccccc1O)C(C[P+](=O)O)c1csc2ccc(Cl)cc12. The molecule has 2 atom stereocenters. The zero-order valence-corrected chi connectivity index (χ0v) is 16.5. The Labute approximate surface area is 165 Å². The highest BCUT2D eigenvalue weighted by Gasteiger charge is 2.31. The molecule has 0 saturated carbocycles. The van der Waals surface area contributed by atoms with Gasteiger partial charge in [-0.15, -0.1) is 11.3 Å². The monoisotopic (exact) mass is 420 g/mol. The van der Waals surface area contributed by atoms with Gasteiger partial charge < -0.3 is 10.4 Å². The van der Waals surface area contributed by atoms with Crippen LogP contribution in [0.25, 0.3) is 16.2 Å². The summed E-state index contributed by atoms with van der Waals surface area (Å²) in [6, 6.07) is 12.1. The number of carbonyl (C=O) groups excluding carboxylic acids is 1. The summed E-state index contributed by atoms with van der Waals surface area (Å²) < 4.78 is 12.4. The van der Waals surface area contributed by atoms with Crippen LogP contribution in [0.15, 0.2) is 54.0 Å². The van der Waals surface area contributed by atoms with Crippen molar-refractivity contribution in [1.82, 2.24) is 5.32 Å². The van der Waals surface area contributed by atoms with E-state index in [0.29, 0.717) is 16.1 Å². The van der Waals surface area contributed by atoms with Gasteiger partial charge in [-0.3, -0.25) is 4.79 Å². The second-order valence-corrected chi connectivity index (χ2v) is 8.24. The van der Waals surface area contributed by atoms with E-state index in [4.69, 9.17) is 11.6 Å². The van der Waals surface area contributed by atoms with Crippen LogP contribution in [0.2, 0.25) is 5.02 Å². The summed E-state index contributed by atoms with van der Waals surface area (Å²) in [6.45, 7) is 0. The summed E-state index contributed by atoms with van der Waals surface area (Å²) in [7, 11) is -2.51. The van der Waals surface area contributed by atoms with Crippen molar-refractivity contribution in [3.63, 3.8) is 0 Å². The van der Waals surface area contributed by atoms with Crippen molar-refractivity contribution >= 4 is 53.0 Å². The maximum Gasteiger partial charge on any atom is 0.506 e. The van der Waals surface area contributed by atoms with Gasteiger partial charge in [0, 0.05) is 21.5 Å². The highest BCUT2D eigenvalue weighted by Crippen LogP contribution is 2.36. The van der Waals surface area contributed by atoms with E-state index in [9.17, 15) is 19.4 Å². The Bertz CT molecular complexity index is 1030. The molecule has 0 aliphatic heterocycles. The van der Waals surface area contributed by atoms with Gasteiger partial charge in [0.2, 0.25) is 5.91 Å². The lowest BCUT2D eigenvalue weighted by Gasteiger charge is -2.10. The largest absolute Gasteiger partial charge is 0.507 e. The number of thiophene rings is 1. The number of nitrogens with one attached hydrogen (secondary N) is 1. The first-order chi connectivity index (χ1) is 13.0. The van der Waals surface area contributed by atoms with Crippen LogP contribution in [0, 0.1) is 0 Å². The number of phenolic OH excluding ortho intramolecular Hbond substituents is 1. The topological polar surface area (TPSA) is 86.6 Å². The van der Waals surface area contributed by atoms with Crippen LogP contribution >= 0.6 is 31.0 Å². The average Bonchev–Trinajstić information content (AvgIpc) is 3.03. The molecule has 2 unspecified atom stereocenters. The number of amides is 1. The normalized spacial score (nSPS) is 13.0. The molecule has 0 fully saturated rings. The second kappa shape index (κ2) is 8.63. The predicted octanol–water partition coefficient (Wildman–Crippen LogP) is 4.87. The van der Waals surface area contributed by atoms with Crippen molar-refractivity contribution in [3.8, 4) is 5.75 Å². The Morgan fingerprint density at radius 1 is 1.30 bits per heavy atom. The zero-order valence-electron chi connectivity index (χ0n) is 14.0. The predicted molar refractivity (Wildman–Crippen MR) is 110 cm³/mol. The summed E-state index contributed by atoms with van der Waals surface area (Å²) in [6.07, 6.45) is 2.78. The minimum atomic E-state index is -2.51. The van der Waals surface area contributed by atoms with E-state index < -0.39 is 19.9 Å². The molecule has 0 aliphatic rings. The van der Waals surface area contributed by atoms with Crippen molar-refractivity contribution < 1.29 is 19.4 Å². The first-order valence-electron chi connectivity index (χ1n) is 8.01. The summed E-state index contributed by atoms with van der Waals surface area (Å²) in [5.74, 6) is -1.10. The molecule has 5 nitrogen and oxygen atoms in total. The Morgan fingerprint density at radius 3 is 2.81 bits per heavy atom. The highest BCUT2D eigenvalue weighted by molar-refractivity contribution is 7.38. The number of rotatable bonds is 6. The Kier molecular flexibility index (Phi) is 6.24. The summed E-state index contributed by atoms with van der Waals surface area (Å²) in [5.41, 5.74) is 1.22. The van der Waals surface area contributed by atoms with E-state index >= 15 is 0 Å². The molecule has 0 spiro atoms. The number of para-hydroxylation sites is 1. The number of hydrogen-bond acceptors (Lipinski definition) is 4. The van der Waals surface area contributed by atoms with Crippen LogP contribution < -0.4 is 5.32 Å². The molecule has 0 radical (unpaired) electrons. The first-order valence-corrected chi connectivity index (χ1v) is 10.7. The Hall–Kier alpha value is -2.24. The van der Waals surface area contributed by atoms with Crippen LogP contribution in [0.4, 0.5) is 0 Å². The molecule has 3 rings (SSSR count). The zero-order chi connectivity index (χ0) is 19.4. The van der Waals surface area contributed by atoms with Gasteiger partial charge in [-0.25, -0.2) is 0 Å². The van der Waals surface area contributed by atoms with E-state index in [1.807, 2.05) is 11.4 Å². The molecule has 3 aromatic rings. The van der Waals surface area contributed by atoms with Crippen molar-refractivity contribution in [2.24, 2.45) is 0 Å². The number of carbonyl (C=O) groups is 1. The number of phenols is 1. The maximum atomic E-state index is 12.7. The molecule has 1 heterocycles. The molecule has 2 aromatic carbocycles. The minimum absolute atomic E-state index is 0.0939. The molecule has 27 heavy (non-hydrogen) atoms. The summed E-state index contributed by atoms with van der Waals surface area (Å²) in [5, 5.41) is 15.5. The van der Waals surface area contributed by atoms with Crippen molar-refractivity contribution in [1.29, 1.82) is 0 Å². The van der Waals surface area contributed by atoms with Gasteiger partial charge >= 0.3 is 8.03 Å². The van der Waals surface area contributed by atoms with Crippen molar-refractivity contribution in [2.75, 3.05) is 6.16 Å². The fourth-order valence-corrected chi connectivity index (χ4v) is 4.55. The first kappa shape index (κ1) is 19.5. The standard InChI is InChI=1S/C19H15ClNO4PS/c20-13-5-6-18-14(9-13)16(11-27-18)15(10-26(24)25)19(23)21-8-7-12-3-1-2-4-17(12)22/h1-9,11,15H,10H2,(H2-,21,22,23,24,25)/p+1/b8-7+. The van der Waals surface area contributed by atoms with Gasteiger partial charge in [-0.2, -0.15) is 4.89 Å². The summed E-state index contributed by atoms with van der Waals surface area (Å²) in [4.78, 5) is 22.1. The summed E-state index contributed by atoms with van der Waals surface area (Å²) >= 11 is 7.52. The third-order valence-electron chi connectivity index (χ3n) is 4.02. The van der Waals surface area contributed by atoms with Crippen LogP contribution in [0.5, 0.6) is 5.75 Å².